The van der Waals surface area contributed by atoms with E-state index in [0.29, 0.717) is 5.70 Å². The van der Waals surface area contributed by atoms with Crippen molar-refractivity contribution in [2.45, 2.75) is 6.36 Å². The Morgan fingerprint density at radius 3 is 2.29 bits per heavy atom. The lowest BCUT2D eigenvalue weighted by molar-refractivity contribution is -0.274. The van der Waals surface area contributed by atoms with Crippen LogP contribution in [0.5, 0.6) is 5.75 Å². The molecule has 1 aromatic rings. The third-order valence-corrected chi connectivity index (χ3v) is 4.98. The molecule has 1 N–H and O–H groups in total. The summed E-state index contributed by atoms with van der Waals surface area (Å²) in [5.41, 5.74) is -0.186. The van der Waals surface area contributed by atoms with Gasteiger partial charge in [-0.1, -0.05) is 0 Å². The average Bonchev–Trinajstić information content (AvgIpc) is 3.13. The van der Waals surface area contributed by atoms with Gasteiger partial charge in [0.05, 0.1) is 5.69 Å². The molecule has 1 fully saturated rings. The number of rotatable bonds is 5. The first-order chi connectivity index (χ1) is 14.5. The molecule has 1 aromatic carbocycles. The first kappa shape index (κ1) is 22.7. The summed E-state index contributed by atoms with van der Waals surface area (Å²) in [6.07, 6.45) is -3.72. The summed E-state index contributed by atoms with van der Waals surface area (Å²) >= 11 is -2.89. The zero-order chi connectivity index (χ0) is 22.8. The molecule has 0 spiro atoms. The predicted octanol–water partition coefficient (Wildman–Crippen LogP) is 0.836. The van der Waals surface area contributed by atoms with Crippen molar-refractivity contribution in [3.05, 3.63) is 35.7 Å². The molecule has 170 valence electrons. The second-order valence-electron chi connectivity index (χ2n) is 6.68. The Labute approximate surface area is 177 Å². The van der Waals surface area contributed by atoms with Crippen LogP contribution in [0.2, 0.25) is 0 Å². The van der Waals surface area contributed by atoms with Gasteiger partial charge >= 0.3 is 6.36 Å². The number of nitrogens with one attached hydrogen (secondary N) is 1. The lowest BCUT2D eigenvalue weighted by atomic mass is 10.1. The molecule has 10 nitrogen and oxygen atoms in total. The van der Waals surface area contributed by atoms with Crippen LogP contribution >= 0.6 is 0 Å². The van der Waals surface area contributed by atoms with Crippen molar-refractivity contribution in [2.75, 3.05) is 44.7 Å². The number of ether oxygens (including phenoxy) is 2. The molecule has 2 heterocycles. The van der Waals surface area contributed by atoms with E-state index in [9.17, 15) is 31.5 Å². The van der Waals surface area contributed by atoms with Crippen LogP contribution in [0.15, 0.2) is 30.2 Å². The Morgan fingerprint density at radius 1 is 1.16 bits per heavy atom. The largest absolute Gasteiger partial charge is 0.755 e. The summed E-state index contributed by atoms with van der Waals surface area (Å²) in [7, 11) is 1.71. The standard InChI is InChI=1S/C17H19F3N4O6S/c1-22-10-29-9-13(22)16(26)24-6-4-23(5-7-24)15(25)11-2-3-12(21-31(27)28)14(8-11)30-17(18,19)20/h2-3,8-9,21H,4-7,10H2,1H3,(H,27,28)/p-1. The lowest BCUT2D eigenvalue weighted by Crippen LogP contribution is -2.51. The number of carbonyl (C=O) groups is 2. The van der Waals surface area contributed by atoms with E-state index in [1.54, 1.807) is 21.6 Å². The van der Waals surface area contributed by atoms with E-state index in [2.05, 4.69) is 4.74 Å². The summed E-state index contributed by atoms with van der Waals surface area (Å²) in [5, 5.41) is 0. The van der Waals surface area contributed by atoms with E-state index >= 15 is 0 Å². The van der Waals surface area contributed by atoms with Crippen LogP contribution in [-0.4, -0.2) is 81.6 Å². The molecule has 14 heteroatoms. The van der Waals surface area contributed by atoms with Gasteiger partial charge in [0.1, 0.15) is 12.0 Å². The van der Waals surface area contributed by atoms with Gasteiger partial charge in [0.2, 0.25) is 0 Å². The Balaban J connectivity index is 1.69. The van der Waals surface area contributed by atoms with Crippen LogP contribution in [0.25, 0.3) is 0 Å². The molecule has 0 saturated carbocycles. The maximum atomic E-state index is 12.7. The van der Waals surface area contributed by atoms with Crippen LogP contribution < -0.4 is 9.46 Å². The van der Waals surface area contributed by atoms with Gasteiger partial charge in [-0.2, -0.15) is 0 Å². The minimum atomic E-state index is -5.08. The van der Waals surface area contributed by atoms with Gasteiger partial charge in [0, 0.05) is 50.1 Å². The maximum Gasteiger partial charge on any atom is 0.573 e. The highest BCUT2D eigenvalue weighted by Gasteiger charge is 2.33. The normalized spacial score (nSPS) is 17.7. The van der Waals surface area contributed by atoms with Gasteiger partial charge in [-0.3, -0.25) is 13.8 Å². The lowest BCUT2D eigenvalue weighted by Gasteiger charge is -2.35. The number of nitrogens with zero attached hydrogens (tertiary/aromatic N) is 3. The van der Waals surface area contributed by atoms with Gasteiger partial charge in [-0.05, 0) is 18.2 Å². The van der Waals surface area contributed by atoms with Gasteiger partial charge in [-0.15, -0.1) is 13.2 Å². The number of hydrogen-bond acceptors (Lipinski definition) is 7. The van der Waals surface area contributed by atoms with Crippen molar-refractivity contribution in [1.82, 2.24) is 14.7 Å². The number of anilines is 1. The molecule has 2 aliphatic heterocycles. The van der Waals surface area contributed by atoms with Gasteiger partial charge < -0.3 is 33.4 Å². The van der Waals surface area contributed by atoms with Gasteiger partial charge in [0.15, 0.2) is 12.5 Å². The van der Waals surface area contributed by atoms with Crippen LogP contribution in [-0.2, 0) is 20.8 Å². The number of benzene rings is 1. The number of piperazine rings is 1. The van der Waals surface area contributed by atoms with Crippen molar-refractivity contribution < 1.29 is 41.0 Å². The van der Waals surface area contributed by atoms with E-state index < -0.39 is 35.0 Å². The van der Waals surface area contributed by atoms with E-state index in [1.807, 2.05) is 0 Å². The highest BCUT2D eigenvalue weighted by molar-refractivity contribution is 7.80. The van der Waals surface area contributed by atoms with E-state index in [0.717, 1.165) is 12.1 Å². The number of carbonyl (C=O) groups excluding carboxylic acids is 2. The monoisotopic (exact) mass is 463 g/mol. The quantitative estimate of drug-likeness (QED) is 0.644. The SMILES string of the molecule is CN1COC=C1C(=O)N1CCN(C(=O)c2ccc(NS(=O)[O-])c(OC(F)(F)F)c2)CC1. The van der Waals surface area contributed by atoms with Gasteiger partial charge in [-0.25, -0.2) is 0 Å². The smallest absolute Gasteiger partial charge is 0.573 e. The average molecular weight is 463 g/mol. The fourth-order valence-electron chi connectivity index (χ4n) is 3.10. The topological polar surface area (TPSA) is 114 Å². The Morgan fingerprint density at radius 2 is 1.77 bits per heavy atom. The molecule has 0 aromatic heterocycles. The summed E-state index contributed by atoms with van der Waals surface area (Å²) in [5.74, 6) is -1.67. The van der Waals surface area contributed by atoms with Gasteiger partial charge in [0.25, 0.3) is 11.8 Å². The molecule has 1 unspecified atom stereocenters. The first-order valence-corrected chi connectivity index (χ1v) is 10.00. The first-order valence-electron chi connectivity index (χ1n) is 8.92. The molecular weight excluding hydrogens is 445 g/mol. The van der Waals surface area contributed by atoms with E-state index in [-0.39, 0.29) is 44.4 Å². The van der Waals surface area contributed by atoms with Crippen molar-refractivity contribution >= 4 is 28.8 Å². The third kappa shape index (κ3) is 5.58. The van der Waals surface area contributed by atoms with Crippen LogP contribution in [0.3, 0.4) is 0 Å². The summed E-state index contributed by atoms with van der Waals surface area (Å²) in [6, 6.07) is 3.01. The molecule has 3 rings (SSSR count). The maximum absolute atomic E-state index is 12.7. The third-order valence-electron chi connectivity index (χ3n) is 4.60. The summed E-state index contributed by atoms with van der Waals surface area (Å²) < 4.78 is 70.3. The van der Waals surface area contributed by atoms with Crippen molar-refractivity contribution in [3.8, 4) is 5.75 Å². The number of amides is 2. The number of likely N-dealkylation sites (N-methyl/N-ethyl adjacent to an activating group) is 1. The number of hydrogen-bond donors (Lipinski definition) is 1. The second kappa shape index (κ2) is 9.01. The number of halogens is 3. The van der Waals surface area contributed by atoms with E-state index in [4.69, 9.17) is 4.74 Å². The van der Waals surface area contributed by atoms with Crippen LogP contribution in [0.4, 0.5) is 18.9 Å². The zero-order valence-corrected chi connectivity index (χ0v) is 17.0. The number of alkyl halides is 3. The Bertz CT molecular complexity index is 918. The van der Waals surface area contributed by atoms with Crippen LogP contribution in [0, 0.1) is 0 Å². The fourth-order valence-corrected chi connectivity index (χ4v) is 3.45. The molecule has 31 heavy (non-hydrogen) atoms. The molecule has 0 aliphatic carbocycles. The Kier molecular flexibility index (Phi) is 6.59. The van der Waals surface area contributed by atoms with E-state index in [1.165, 1.54) is 17.2 Å². The highest BCUT2D eigenvalue weighted by Crippen LogP contribution is 2.32. The Hall–Kier alpha value is -3.00. The van der Waals surface area contributed by atoms with Crippen LogP contribution in [0.1, 0.15) is 10.4 Å². The molecule has 2 aliphatic rings. The molecular formula is C17H18F3N4O6S-. The van der Waals surface area contributed by atoms with Crippen molar-refractivity contribution in [3.63, 3.8) is 0 Å². The summed E-state index contributed by atoms with van der Waals surface area (Å²) in [6.45, 7) is 1.07. The van der Waals surface area contributed by atoms with Crippen molar-refractivity contribution in [2.24, 2.45) is 0 Å². The predicted molar refractivity (Wildman–Crippen MR) is 99.9 cm³/mol. The minimum absolute atomic E-state index is 0.118. The molecule has 2 amide bonds. The fraction of sp³-hybridized carbons (Fsp3) is 0.412. The van der Waals surface area contributed by atoms with Crippen molar-refractivity contribution in [1.29, 1.82) is 0 Å². The highest BCUT2D eigenvalue weighted by atomic mass is 32.2. The molecule has 0 radical (unpaired) electrons. The summed E-state index contributed by atoms with van der Waals surface area (Å²) in [4.78, 5) is 29.8. The zero-order valence-electron chi connectivity index (χ0n) is 16.2. The molecule has 1 atom stereocenters. The molecule has 1 saturated heterocycles. The molecule has 0 bridgehead atoms. The minimum Gasteiger partial charge on any atom is -0.755 e. The second-order valence-corrected chi connectivity index (χ2v) is 7.35.